The number of hydrogen-bond donors (Lipinski definition) is 2. The molecule has 3 N–H and O–H groups in total. The highest BCUT2D eigenvalue weighted by atomic mass is 14.9. The highest BCUT2D eigenvalue weighted by molar-refractivity contribution is 5.38. The van der Waals surface area contributed by atoms with Gasteiger partial charge in [-0.15, -0.1) is 6.58 Å². The van der Waals surface area contributed by atoms with E-state index in [0.29, 0.717) is 11.9 Å². The lowest BCUT2D eigenvalue weighted by atomic mass is 10.0. The van der Waals surface area contributed by atoms with Crippen molar-refractivity contribution in [3.8, 4) is 0 Å². The lowest BCUT2D eigenvalue weighted by molar-refractivity contribution is 0.566. The van der Waals surface area contributed by atoms with E-state index in [0.717, 1.165) is 18.4 Å². The summed E-state index contributed by atoms with van der Waals surface area (Å²) in [4.78, 5) is 4.05. The first-order valence-corrected chi connectivity index (χ1v) is 4.75. The number of nitrogen functional groups attached to an aromatic ring is 1. The van der Waals surface area contributed by atoms with Gasteiger partial charge in [-0.05, 0) is 31.5 Å². The molecule has 0 fully saturated rings. The fourth-order valence-electron chi connectivity index (χ4n) is 1.39. The van der Waals surface area contributed by atoms with Crippen molar-refractivity contribution < 1.29 is 0 Å². The van der Waals surface area contributed by atoms with Crippen LogP contribution < -0.4 is 11.1 Å². The van der Waals surface area contributed by atoms with Crippen LogP contribution in [0.15, 0.2) is 31.0 Å². The number of pyridine rings is 1. The molecule has 76 valence electrons. The van der Waals surface area contributed by atoms with Crippen LogP contribution in [0.4, 0.5) is 5.82 Å². The van der Waals surface area contributed by atoms with Crippen LogP contribution in [0.5, 0.6) is 0 Å². The number of nitrogens with two attached hydrogens (primary N) is 1. The van der Waals surface area contributed by atoms with Crippen LogP contribution in [-0.4, -0.2) is 18.1 Å². The summed E-state index contributed by atoms with van der Waals surface area (Å²) in [7, 11) is 1.95. The van der Waals surface area contributed by atoms with Gasteiger partial charge in [0.1, 0.15) is 5.82 Å². The van der Waals surface area contributed by atoms with Gasteiger partial charge in [-0.3, -0.25) is 0 Å². The van der Waals surface area contributed by atoms with Crippen molar-refractivity contribution in [1.29, 1.82) is 0 Å². The summed E-state index contributed by atoms with van der Waals surface area (Å²) in [6.45, 7) is 3.73. The summed E-state index contributed by atoms with van der Waals surface area (Å²) >= 11 is 0. The molecule has 1 rings (SSSR count). The van der Waals surface area contributed by atoms with Crippen molar-refractivity contribution in [1.82, 2.24) is 10.3 Å². The van der Waals surface area contributed by atoms with E-state index in [2.05, 4.69) is 16.9 Å². The van der Waals surface area contributed by atoms with Crippen molar-refractivity contribution >= 4 is 5.82 Å². The Morgan fingerprint density at radius 1 is 1.71 bits per heavy atom. The SMILES string of the molecule is C=CCC(Cc1cccnc1N)NC. The molecular weight excluding hydrogens is 174 g/mol. The van der Waals surface area contributed by atoms with Gasteiger partial charge in [0.15, 0.2) is 0 Å². The van der Waals surface area contributed by atoms with Gasteiger partial charge in [0.25, 0.3) is 0 Å². The monoisotopic (exact) mass is 191 g/mol. The van der Waals surface area contributed by atoms with Crippen molar-refractivity contribution in [3.05, 3.63) is 36.5 Å². The molecule has 3 heteroatoms. The fraction of sp³-hybridized carbons (Fsp3) is 0.364. The van der Waals surface area contributed by atoms with Crippen LogP contribution in [0.2, 0.25) is 0 Å². The molecule has 0 aliphatic rings. The van der Waals surface area contributed by atoms with E-state index in [9.17, 15) is 0 Å². The van der Waals surface area contributed by atoms with Crippen LogP contribution in [0, 0.1) is 0 Å². The fourth-order valence-corrected chi connectivity index (χ4v) is 1.39. The van der Waals surface area contributed by atoms with Crippen molar-refractivity contribution in [2.75, 3.05) is 12.8 Å². The van der Waals surface area contributed by atoms with Crippen molar-refractivity contribution in [3.63, 3.8) is 0 Å². The molecule has 0 saturated heterocycles. The second-order valence-electron chi connectivity index (χ2n) is 3.26. The first kappa shape index (κ1) is 10.7. The van der Waals surface area contributed by atoms with E-state index in [4.69, 9.17) is 5.73 Å². The highest BCUT2D eigenvalue weighted by Gasteiger charge is 2.07. The van der Waals surface area contributed by atoms with Crippen LogP contribution >= 0.6 is 0 Å². The molecule has 1 aromatic heterocycles. The standard InChI is InChI=1S/C11H17N3/c1-3-5-10(13-2)8-9-6-4-7-14-11(9)12/h3-4,6-7,10,13H,1,5,8H2,2H3,(H2,12,14). The quantitative estimate of drug-likeness (QED) is 0.691. The Labute approximate surface area is 85.0 Å². The molecule has 0 saturated carbocycles. The molecule has 0 bridgehead atoms. The molecule has 0 spiro atoms. The molecule has 0 aliphatic heterocycles. The zero-order chi connectivity index (χ0) is 10.4. The summed E-state index contributed by atoms with van der Waals surface area (Å²) in [5.74, 6) is 0.622. The summed E-state index contributed by atoms with van der Waals surface area (Å²) < 4.78 is 0. The third kappa shape index (κ3) is 2.85. The largest absolute Gasteiger partial charge is 0.383 e. The molecule has 1 aromatic rings. The minimum Gasteiger partial charge on any atom is -0.383 e. The minimum atomic E-state index is 0.388. The van der Waals surface area contributed by atoms with Gasteiger partial charge < -0.3 is 11.1 Å². The highest BCUT2D eigenvalue weighted by Crippen LogP contribution is 2.11. The summed E-state index contributed by atoms with van der Waals surface area (Å²) in [6, 6.07) is 4.31. The third-order valence-electron chi connectivity index (χ3n) is 2.25. The van der Waals surface area contributed by atoms with Gasteiger partial charge in [-0.1, -0.05) is 12.1 Å². The lowest BCUT2D eigenvalue weighted by Crippen LogP contribution is -2.27. The Morgan fingerprint density at radius 3 is 3.07 bits per heavy atom. The molecule has 0 aromatic carbocycles. The predicted octanol–water partition coefficient (Wildman–Crippen LogP) is 1.37. The number of anilines is 1. The third-order valence-corrected chi connectivity index (χ3v) is 2.25. The van der Waals surface area contributed by atoms with E-state index in [1.165, 1.54) is 0 Å². The zero-order valence-electron chi connectivity index (χ0n) is 8.53. The second kappa shape index (κ2) is 5.40. The van der Waals surface area contributed by atoms with Crippen LogP contribution in [-0.2, 0) is 6.42 Å². The maximum Gasteiger partial charge on any atom is 0.126 e. The molecule has 14 heavy (non-hydrogen) atoms. The molecule has 0 aliphatic carbocycles. The maximum atomic E-state index is 5.75. The van der Waals surface area contributed by atoms with Gasteiger partial charge in [-0.25, -0.2) is 4.98 Å². The Bertz CT molecular complexity index is 296. The number of likely N-dealkylation sites (N-methyl/N-ethyl adjacent to an activating group) is 1. The average Bonchev–Trinajstić information content (AvgIpc) is 2.20. The summed E-state index contributed by atoms with van der Waals surface area (Å²) in [5.41, 5.74) is 6.85. The minimum absolute atomic E-state index is 0.388. The smallest absolute Gasteiger partial charge is 0.126 e. The summed E-state index contributed by atoms with van der Waals surface area (Å²) in [6.07, 6.45) is 5.45. The van der Waals surface area contributed by atoms with Gasteiger partial charge in [0, 0.05) is 12.2 Å². The van der Waals surface area contributed by atoms with Crippen molar-refractivity contribution in [2.24, 2.45) is 0 Å². The summed E-state index contributed by atoms with van der Waals surface area (Å²) in [5, 5.41) is 3.22. The second-order valence-corrected chi connectivity index (χ2v) is 3.26. The maximum absolute atomic E-state index is 5.75. The molecule has 0 radical (unpaired) electrons. The normalized spacial score (nSPS) is 12.4. The van der Waals surface area contributed by atoms with E-state index < -0.39 is 0 Å². The molecule has 3 nitrogen and oxygen atoms in total. The van der Waals surface area contributed by atoms with Crippen LogP contribution in [0.25, 0.3) is 0 Å². The number of aromatic nitrogens is 1. The number of rotatable bonds is 5. The molecule has 0 amide bonds. The van der Waals surface area contributed by atoms with Gasteiger partial charge in [-0.2, -0.15) is 0 Å². The van der Waals surface area contributed by atoms with E-state index >= 15 is 0 Å². The average molecular weight is 191 g/mol. The van der Waals surface area contributed by atoms with Gasteiger partial charge >= 0.3 is 0 Å². The Hall–Kier alpha value is -1.35. The molecule has 1 atom stereocenters. The lowest BCUT2D eigenvalue weighted by Gasteiger charge is -2.14. The topological polar surface area (TPSA) is 50.9 Å². The predicted molar refractivity (Wildman–Crippen MR) is 60.0 cm³/mol. The van der Waals surface area contributed by atoms with Gasteiger partial charge in [0.2, 0.25) is 0 Å². The first-order chi connectivity index (χ1) is 6.77. The molecular formula is C11H17N3. The van der Waals surface area contributed by atoms with Crippen LogP contribution in [0.3, 0.4) is 0 Å². The van der Waals surface area contributed by atoms with E-state index in [1.807, 2.05) is 25.3 Å². The van der Waals surface area contributed by atoms with Gasteiger partial charge in [0.05, 0.1) is 0 Å². The van der Waals surface area contributed by atoms with E-state index in [-0.39, 0.29) is 0 Å². The Morgan fingerprint density at radius 2 is 2.50 bits per heavy atom. The molecule has 1 heterocycles. The van der Waals surface area contributed by atoms with E-state index in [1.54, 1.807) is 6.20 Å². The van der Waals surface area contributed by atoms with Crippen molar-refractivity contribution in [2.45, 2.75) is 18.9 Å². The molecule has 1 unspecified atom stereocenters. The number of nitrogens with zero attached hydrogens (tertiary/aromatic N) is 1. The number of hydrogen-bond acceptors (Lipinski definition) is 3. The van der Waals surface area contributed by atoms with Crippen LogP contribution in [0.1, 0.15) is 12.0 Å². The zero-order valence-corrected chi connectivity index (χ0v) is 8.53. The Kier molecular flexibility index (Phi) is 4.13. The number of nitrogens with one attached hydrogen (secondary N) is 1. The Balaban J connectivity index is 2.66. The first-order valence-electron chi connectivity index (χ1n) is 4.75.